The quantitative estimate of drug-likeness (QED) is 0.0994. The first-order chi connectivity index (χ1) is 52.1. The standard InChI is InChI=1S/C28H32N4O3.C23H20FN3O2.C18H17BrN2O2.C15H13BrN2O2.4CH4/c1-31(2)12-3-13-35-25-9-5-20(17-30-25)19-4-8-23-22(16-19)26-24(18-29-23)32(21-6-7-21)27(33)28(26)10-14-34-15-11-28;24-20-6-2-15(12-26-20)14-1-5-18-17(11-14)21-19(13-25-18)27(16-3-4-16)22(28)23(21)7-9-29-10-8-23;19-11-1-4-14-13(9-11)16-15(10-20-14)21(12-2-3-12)17(22)18(16)5-7-23-8-6-18;16-9-1-2-11-10(7-9)13-12(8-17-11)18-14(19)15(13)3-5-20-6-4-15;;;;/h4-5,8-9,16-18,21H,3,6-7,10-15H2,1-2H3;1-2,5-6,11-13,16H,3-4,7-10H2;1,4,9-10,12H,2-3,5-8H2;1-2,7-8H,3-6H2,(H,18,19);4*1H4. The van der Waals surface area contributed by atoms with E-state index in [0.717, 1.165) is 204 Å². The van der Waals surface area contributed by atoms with Gasteiger partial charge in [-0.25, -0.2) is 9.97 Å². The predicted octanol–water partition coefficient (Wildman–Crippen LogP) is 17.3. The van der Waals surface area contributed by atoms with E-state index in [9.17, 15) is 23.6 Å². The van der Waals surface area contributed by atoms with Crippen LogP contribution in [-0.2, 0) is 59.8 Å². The Labute approximate surface area is 665 Å². The first-order valence-electron chi connectivity index (χ1n) is 37.7. The number of halogens is 3. The van der Waals surface area contributed by atoms with Crippen LogP contribution in [0.3, 0.4) is 0 Å². The van der Waals surface area contributed by atoms with E-state index >= 15 is 0 Å². The first kappa shape index (κ1) is 78.9. The molecule has 0 bridgehead atoms. The van der Waals surface area contributed by atoms with Crippen LogP contribution in [0.2, 0.25) is 0 Å². The minimum Gasteiger partial charge on any atom is -0.478 e. The molecule has 3 saturated carbocycles. The first-order valence-corrected chi connectivity index (χ1v) is 39.3. The van der Waals surface area contributed by atoms with Crippen molar-refractivity contribution in [2.45, 2.75) is 166 Å². The second-order valence-corrected chi connectivity index (χ2v) is 32.4. The number of benzene rings is 4. The van der Waals surface area contributed by atoms with Crippen molar-refractivity contribution in [1.29, 1.82) is 0 Å². The average Bonchev–Trinajstić information content (AvgIpc) is 1.59. The van der Waals surface area contributed by atoms with Gasteiger partial charge in [0.05, 0.1) is 97.9 Å². The molecule has 7 fully saturated rings. The minimum atomic E-state index is -0.531. The Morgan fingerprint density at radius 2 is 0.802 bits per heavy atom. The topological polar surface area (TPSA) is 217 Å². The van der Waals surface area contributed by atoms with Gasteiger partial charge < -0.3 is 48.6 Å². The number of nitrogens with one attached hydrogen (secondary N) is 1. The Balaban J connectivity index is 0.000000124. The number of fused-ring (bicyclic) bond motifs is 16. The van der Waals surface area contributed by atoms with Gasteiger partial charge in [0.1, 0.15) is 0 Å². The highest BCUT2D eigenvalue weighted by atomic mass is 79.9. The van der Waals surface area contributed by atoms with Gasteiger partial charge >= 0.3 is 0 Å². The van der Waals surface area contributed by atoms with Crippen molar-refractivity contribution < 1.29 is 47.3 Å². The van der Waals surface area contributed by atoms with Gasteiger partial charge in [0, 0.05) is 160 Å². The number of hydrogen-bond donors (Lipinski definition) is 1. The maximum atomic E-state index is 13.8. The molecule has 20 nitrogen and oxygen atoms in total. The van der Waals surface area contributed by atoms with Crippen LogP contribution in [0.25, 0.3) is 65.9 Å². The molecule has 4 aromatic carbocycles. The molecule has 4 amide bonds. The third-order valence-corrected chi connectivity index (χ3v) is 24.8. The Bertz CT molecular complexity index is 5210. The van der Waals surface area contributed by atoms with Gasteiger partial charge in [-0.1, -0.05) is 73.7 Å². The average molecular weight is 1630 g/mol. The van der Waals surface area contributed by atoms with E-state index < -0.39 is 27.6 Å². The molecule has 10 aromatic rings. The molecule has 4 spiro atoms. The SMILES string of the molecule is C.C.C.C.CN(C)CCCOc1ccc(-c2ccc3ncc4c(c3c2)C2(CCOCC2)C(=O)N4C2CC2)cn1.O=C1N(C2CC2)c2cnc3ccc(-c4ccc(F)nc4)cc3c2C12CCOCC2.O=C1N(C2CC2)c2cnc3ccc(Br)cc3c2C12CCOCC2.O=C1Nc2cnc3ccc(Br)cc3c2C12CCOCC2. The summed E-state index contributed by atoms with van der Waals surface area (Å²) in [7, 11) is 4.12. The Morgan fingerprint density at radius 3 is 1.18 bits per heavy atom. The smallest absolute Gasteiger partial charge is 0.238 e. The second kappa shape index (κ2) is 31.6. The van der Waals surface area contributed by atoms with Crippen molar-refractivity contribution in [3.63, 3.8) is 0 Å². The van der Waals surface area contributed by atoms with Crippen LogP contribution in [0, 0.1) is 5.95 Å². The highest BCUT2D eigenvalue weighted by molar-refractivity contribution is 9.10. The molecule has 11 aliphatic rings. The number of carbonyl (C=O) groups is 4. The molecular formula is C88H98Br2FN11O9. The fourth-order valence-electron chi connectivity index (χ4n) is 18.0. The third kappa shape index (κ3) is 13.9. The molecule has 3 aliphatic carbocycles. The van der Waals surface area contributed by atoms with E-state index in [1.54, 1.807) is 18.5 Å². The number of anilines is 4. The number of aromatic nitrogens is 6. The van der Waals surface area contributed by atoms with Gasteiger partial charge in [-0.3, -0.25) is 39.1 Å². The molecule has 6 aromatic heterocycles. The molecule has 14 heterocycles. The fraction of sp³-hybridized carbons (Fsp3) is 0.432. The monoisotopic (exact) mass is 1630 g/mol. The number of amides is 4. The summed E-state index contributed by atoms with van der Waals surface area (Å²) in [6.07, 6.45) is 24.2. The third-order valence-electron chi connectivity index (χ3n) is 23.8. The van der Waals surface area contributed by atoms with E-state index in [1.165, 1.54) is 11.6 Å². The molecule has 23 heteroatoms. The fourth-order valence-corrected chi connectivity index (χ4v) is 18.7. The lowest BCUT2D eigenvalue weighted by Gasteiger charge is -2.33. The van der Waals surface area contributed by atoms with Crippen LogP contribution in [0.1, 0.15) is 148 Å². The molecule has 580 valence electrons. The summed E-state index contributed by atoms with van der Waals surface area (Å²) in [5.74, 6) is 0.959. The van der Waals surface area contributed by atoms with Crippen LogP contribution in [0.15, 0.2) is 143 Å². The lowest BCUT2D eigenvalue weighted by molar-refractivity contribution is -0.127. The lowest BCUT2D eigenvalue weighted by atomic mass is 9.74. The number of rotatable bonds is 10. The largest absolute Gasteiger partial charge is 0.478 e. The van der Waals surface area contributed by atoms with Gasteiger partial charge in [-0.05, 0) is 200 Å². The molecule has 111 heavy (non-hydrogen) atoms. The zero-order valence-electron chi connectivity index (χ0n) is 59.9. The maximum Gasteiger partial charge on any atom is 0.238 e. The van der Waals surface area contributed by atoms with Gasteiger partial charge in [-0.15, -0.1) is 0 Å². The van der Waals surface area contributed by atoms with Crippen LogP contribution < -0.4 is 24.8 Å². The summed E-state index contributed by atoms with van der Waals surface area (Å²) in [5.41, 5.74) is 14.0. The van der Waals surface area contributed by atoms with Gasteiger partial charge in [-0.2, -0.15) is 4.39 Å². The molecule has 4 saturated heterocycles. The Hall–Kier alpha value is -8.81. The van der Waals surface area contributed by atoms with Crippen LogP contribution in [0.5, 0.6) is 5.88 Å². The van der Waals surface area contributed by atoms with Crippen molar-refractivity contribution in [1.82, 2.24) is 34.8 Å². The van der Waals surface area contributed by atoms with E-state index in [1.807, 2.05) is 82.0 Å². The summed E-state index contributed by atoms with van der Waals surface area (Å²) in [6.45, 7) is 6.63. The van der Waals surface area contributed by atoms with Crippen LogP contribution in [-0.4, -0.2) is 157 Å². The second-order valence-electron chi connectivity index (χ2n) is 30.6. The van der Waals surface area contributed by atoms with Gasteiger partial charge in [0.2, 0.25) is 35.5 Å². The molecule has 8 aliphatic heterocycles. The predicted molar refractivity (Wildman–Crippen MR) is 441 cm³/mol. The summed E-state index contributed by atoms with van der Waals surface area (Å²) in [6, 6.07) is 32.6. The van der Waals surface area contributed by atoms with E-state index in [-0.39, 0.29) is 53.3 Å². The number of pyridine rings is 6. The highest BCUT2D eigenvalue weighted by Crippen LogP contribution is 2.57. The van der Waals surface area contributed by atoms with Crippen molar-refractivity contribution in [2.75, 3.05) is 100 Å². The zero-order valence-corrected chi connectivity index (χ0v) is 63.1. The van der Waals surface area contributed by atoms with Gasteiger partial charge in [0.25, 0.3) is 0 Å². The summed E-state index contributed by atoms with van der Waals surface area (Å²) in [4.78, 5) is 88.4. The normalized spacial score (nSPS) is 19.7. The zero-order chi connectivity index (χ0) is 72.9. The Morgan fingerprint density at radius 1 is 0.441 bits per heavy atom. The van der Waals surface area contributed by atoms with Crippen molar-refractivity contribution in [3.05, 3.63) is 171 Å². The van der Waals surface area contributed by atoms with E-state index in [0.29, 0.717) is 96.3 Å². The number of hydrogen-bond acceptors (Lipinski definition) is 16. The van der Waals surface area contributed by atoms with E-state index in [2.05, 4.69) is 124 Å². The summed E-state index contributed by atoms with van der Waals surface area (Å²) in [5, 5.41) is 7.23. The number of carbonyl (C=O) groups excluding carboxylic acids is 4. The van der Waals surface area contributed by atoms with Gasteiger partial charge in [0.15, 0.2) is 0 Å². The number of ether oxygens (including phenoxy) is 5. The maximum absolute atomic E-state index is 13.8. The molecule has 0 radical (unpaired) electrons. The van der Waals surface area contributed by atoms with Crippen LogP contribution in [0.4, 0.5) is 27.1 Å². The highest BCUT2D eigenvalue weighted by Gasteiger charge is 2.59. The number of nitrogens with zero attached hydrogens (tertiary/aromatic N) is 10. The molecule has 0 unspecified atom stereocenters. The van der Waals surface area contributed by atoms with Crippen molar-refractivity contribution in [3.8, 4) is 28.1 Å². The molecule has 21 rings (SSSR count). The molecular weight excluding hydrogens is 1530 g/mol. The van der Waals surface area contributed by atoms with E-state index in [4.69, 9.17) is 28.7 Å². The van der Waals surface area contributed by atoms with Crippen molar-refractivity contribution >= 4 is 122 Å². The minimum absolute atomic E-state index is 0. The Kier molecular flexibility index (Phi) is 22.5. The molecule has 1 N–H and O–H groups in total. The summed E-state index contributed by atoms with van der Waals surface area (Å²) < 4.78 is 43.4. The van der Waals surface area contributed by atoms with Crippen LogP contribution >= 0.6 is 31.9 Å². The lowest BCUT2D eigenvalue weighted by Crippen LogP contribution is -2.44. The molecule has 0 atom stereocenters. The van der Waals surface area contributed by atoms with Crippen molar-refractivity contribution in [2.24, 2.45) is 0 Å². The summed E-state index contributed by atoms with van der Waals surface area (Å²) >= 11 is 7.08.